The number of amides is 1. The van der Waals surface area contributed by atoms with E-state index in [0.717, 1.165) is 5.33 Å². The van der Waals surface area contributed by atoms with Crippen molar-refractivity contribution in [1.29, 1.82) is 0 Å². The largest absolute Gasteiger partial charge is 0.397 e. The van der Waals surface area contributed by atoms with Gasteiger partial charge in [-0.05, 0) is 18.1 Å². The highest BCUT2D eigenvalue weighted by atomic mass is 79.9. The van der Waals surface area contributed by atoms with E-state index in [0.29, 0.717) is 40.3 Å². The molecule has 1 aromatic carbocycles. The molecule has 6 heteroatoms. The summed E-state index contributed by atoms with van der Waals surface area (Å²) in [5.41, 5.74) is 6.71. The van der Waals surface area contributed by atoms with Crippen LogP contribution in [0.1, 0.15) is 6.42 Å². The van der Waals surface area contributed by atoms with Crippen molar-refractivity contribution in [2.75, 3.05) is 22.5 Å². The molecule has 1 heterocycles. The van der Waals surface area contributed by atoms with Crippen molar-refractivity contribution in [3.05, 3.63) is 22.2 Å². The fourth-order valence-corrected chi connectivity index (χ4v) is 2.74. The number of carbonyl (C=O) groups excluding carboxylic acids is 1. The van der Waals surface area contributed by atoms with Crippen LogP contribution in [-0.2, 0) is 4.79 Å². The van der Waals surface area contributed by atoms with Crippen LogP contribution in [0.4, 0.5) is 11.4 Å². The van der Waals surface area contributed by atoms with E-state index < -0.39 is 0 Å². The van der Waals surface area contributed by atoms with Crippen molar-refractivity contribution in [2.24, 2.45) is 5.92 Å². The van der Waals surface area contributed by atoms with Crippen LogP contribution in [0, 0.1) is 5.92 Å². The molecule has 17 heavy (non-hydrogen) atoms. The van der Waals surface area contributed by atoms with E-state index in [4.69, 9.17) is 28.9 Å². The smallest absolute Gasteiger partial charge is 0.227 e. The zero-order valence-corrected chi connectivity index (χ0v) is 12.0. The van der Waals surface area contributed by atoms with Crippen LogP contribution in [0.15, 0.2) is 12.1 Å². The highest BCUT2D eigenvalue weighted by Crippen LogP contribution is 2.36. The van der Waals surface area contributed by atoms with Gasteiger partial charge in [0, 0.05) is 18.3 Å². The minimum absolute atomic E-state index is 0.0668. The summed E-state index contributed by atoms with van der Waals surface area (Å²) in [6.07, 6.45) is 0.531. The van der Waals surface area contributed by atoms with Crippen molar-refractivity contribution in [3.63, 3.8) is 0 Å². The van der Waals surface area contributed by atoms with Gasteiger partial charge in [-0.3, -0.25) is 4.79 Å². The predicted molar refractivity (Wildman–Crippen MR) is 75.1 cm³/mol. The summed E-state index contributed by atoms with van der Waals surface area (Å²) in [7, 11) is 0. The number of hydrogen-bond donors (Lipinski definition) is 1. The van der Waals surface area contributed by atoms with E-state index in [1.165, 1.54) is 0 Å². The van der Waals surface area contributed by atoms with Gasteiger partial charge in [-0.2, -0.15) is 0 Å². The molecule has 0 spiro atoms. The lowest BCUT2D eigenvalue weighted by molar-refractivity contribution is -0.117. The van der Waals surface area contributed by atoms with Crippen molar-refractivity contribution < 1.29 is 4.79 Å². The third kappa shape index (κ3) is 2.54. The second-order valence-electron chi connectivity index (χ2n) is 4.05. The van der Waals surface area contributed by atoms with E-state index >= 15 is 0 Å². The van der Waals surface area contributed by atoms with Gasteiger partial charge < -0.3 is 10.6 Å². The summed E-state index contributed by atoms with van der Waals surface area (Å²) in [6, 6.07) is 3.22. The highest BCUT2D eigenvalue weighted by molar-refractivity contribution is 9.09. The fourth-order valence-electron chi connectivity index (χ4n) is 1.88. The molecular weight excluding hydrogens is 327 g/mol. The molecule has 1 atom stereocenters. The van der Waals surface area contributed by atoms with E-state index in [-0.39, 0.29) is 5.91 Å². The van der Waals surface area contributed by atoms with E-state index in [1.54, 1.807) is 17.0 Å². The number of halogens is 3. The second kappa shape index (κ2) is 5.04. The van der Waals surface area contributed by atoms with Gasteiger partial charge in [0.2, 0.25) is 5.91 Å². The Morgan fingerprint density at radius 2 is 2.12 bits per heavy atom. The lowest BCUT2D eigenvalue weighted by atomic mass is 10.2. The molecule has 0 bridgehead atoms. The monoisotopic (exact) mass is 336 g/mol. The zero-order chi connectivity index (χ0) is 12.6. The Morgan fingerprint density at radius 3 is 2.71 bits per heavy atom. The first-order valence-corrected chi connectivity index (χ1v) is 7.01. The van der Waals surface area contributed by atoms with Crippen LogP contribution >= 0.6 is 39.1 Å². The van der Waals surface area contributed by atoms with Crippen LogP contribution in [0.25, 0.3) is 0 Å². The molecule has 92 valence electrons. The minimum Gasteiger partial charge on any atom is -0.397 e. The standard InChI is InChI=1S/C11H11BrCl2N2O/c12-4-6-1-11(17)16(5-6)10-3-7(13)9(15)2-8(10)14/h2-3,6H,1,4-5,15H2. The van der Waals surface area contributed by atoms with E-state index in [9.17, 15) is 4.79 Å². The third-order valence-corrected chi connectivity index (χ3v) is 4.33. The first kappa shape index (κ1) is 13.0. The van der Waals surface area contributed by atoms with Crippen LogP contribution in [0.3, 0.4) is 0 Å². The summed E-state index contributed by atoms with van der Waals surface area (Å²) < 4.78 is 0. The number of anilines is 2. The van der Waals surface area contributed by atoms with Crippen LogP contribution in [0.5, 0.6) is 0 Å². The van der Waals surface area contributed by atoms with Crippen molar-refractivity contribution in [3.8, 4) is 0 Å². The average molecular weight is 338 g/mol. The molecule has 3 nitrogen and oxygen atoms in total. The van der Waals surface area contributed by atoms with Crippen molar-refractivity contribution >= 4 is 56.4 Å². The second-order valence-corrected chi connectivity index (χ2v) is 5.52. The molecule has 2 N–H and O–H groups in total. The van der Waals surface area contributed by atoms with Crippen LogP contribution < -0.4 is 10.6 Å². The number of nitrogens with zero attached hydrogens (tertiary/aromatic N) is 1. The molecule has 0 aliphatic carbocycles. The molecule has 1 aromatic rings. The summed E-state index contributed by atoms with van der Waals surface area (Å²) in [4.78, 5) is 13.5. The van der Waals surface area contributed by atoms with Gasteiger partial charge in [-0.1, -0.05) is 39.1 Å². The predicted octanol–water partition coefficient (Wildman–Crippen LogP) is 3.32. The van der Waals surface area contributed by atoms with Gasteiger partial charge in [0.1, 0.15) is 0 Å². The van der Waals surface area contributed by atoms with Crippen molar-refractivity contribution in [2.45, 2.75) is 6.42 Å². The molecule has 0 radical (unpaired) electrons. The normalized spacial score (nSPS) is 20.1. The Kier molecular flexibility index (Phi) is 3.85. The summed E-state index contributed by atoms with van der Waals surface area (Å²) in [5, 5.41) is 1.67. The fraction of sp³-hybridized carbons (Fsp3) is 0.364. The lowest BCUT2D eigenvalue weighted by Gasteiger charge is -2.18. The highest BCUT2D eigenvalue weighted by Gasteiger charge is 2.31. The quantitative estimate of drug-likeness (QED) is 0.664. The molecule has 1 unspecified atom stereocenters. The van der Waals surface area contributed by atoms with Crippen molar-refractivity contribution in [1.82, 2.24) is 0 Å². The maximum atomic E-state index is 11.9. The van der Waals surface area contributed by atoms with E-state index in [2.05, 4.69) is 15.9 Å². The molecule has 1 aliphatic heterocycles. The molecule has 1 fully saturated rings. The lowest BCUT2D eigenvalue weighted by Crippen LogP contribution is -2.25. The van der Waals surface area contributed by atoms with Gasteiger partial charge in [-0.25, -0.2) is 0 Å². The molecule has 2 rings (SSSR count). The van der Waals surface area contributed by atoms with Crippen LogP contribution in [0.2, 0.25) is 10.0 Å². The molecule has 0 saturated carbocycles. The first-order valence-electron chi connectivity index (χ1n) is 5.13. The maximum Gasteiger partial charge on any atom is 0.227 e. The summed E-state index contributed by atoms with van der Waals surface area (Å²) in [5.74, 6) is 0.382. The number of alkyl halides is 1. The average Bonchev–Trinajstić information content (AvgIpc) is 2.65. The van der Waals surface area contributed by atoms with Gasteiger partial charge in [-0.15, -0.1) is 0 Å². The van der Waals surface area contributed by atoms with E-state index in [1.807, 2.05) is 0 Å². The number of rotatable bonds is 2. The number of nitrogen functional groups attached to an aromatic ring is 1. The zero-order valence-electron chi connectivity index (χ0n) is 8.92. The number of benzene rings is 1. The Bertz CT molecular complexity index is 467. The van der Waals surface area contributed by atoms with Gasteiger partial charge in [0.05, 0.1) is 21.4 Å². The Morgan fingerprint density at radius 1 is 1.41 bits per heavy atom. The van der Waals surface area contributed by atoms with Gasteiger partial charge in [0.15, 0.2) is 0 Å². The minimum atomic E-state index is 0.0668. The number of carbonyl (C=O) groups is 1. The van der Waals surface area contributed by atoms with Gasteiger partial charge in [0.25, 0.3) is 0 Å². The molecular formula is C11H11BrCl2N2O. The van der Waals surface area contributed by atoms with Crippen LogP contribution in [-0.4, -0.2) is 17.8 Å². The summed E-state index contributed by atoms with van der Waals surface area (Å²) >= 11 is 15.4. The maximum absolute atomic E-state index is 11.9. The van der Waals surface area contributed by atoms with Gasteiger partial charge >= 0.3 is 0 Å². The number of nitrogens with two attached hydrogens (primary N) is 1. The third-order valence-electron chi connectivity index (χ3n) is 2.78. The molecule has 1 saturated heterocycles. The Labute approximate surface area is 118 Å². The molecule has 1 aliphatic rings. The Hall–Kier alpha value is -0.450. The number of hydrogen-bond acceptors (Lipinski definition) is 2. The first-order chi connectivity index (χ1) is 8.02. The summed E-state index contributed by atoms with van der Waals surface area (Å²) in [6.45, 7) is 0.657. The SMILES string of the molecule is Nc1cc(Cl)c(N2CC(CBr)CC2=O)cc1Cl. The molecule has 0 aromatic heterocycles. The Balaban J connectivity index is 2.35. The topological polar surface area (TPSA) is 46.3 Å². The molecule has 1 amide bonds.